The Morgan fingerprint density at radius 1 is 1.20 bits per heavy atom. The minimum atomic E-state index is 0.00231. The van der Waals surface area contributed by atoms with Crippen LogP contribution in [-0.2, 0) is 11.3 Å². The second-order valence-electron chi connectivity index (χ2n) is 7.11. The molecule has 136 valence electrons. The van der Waals surface area contributed by atoms with Crippen LogP contribution in [0.1, 0.15) is 32.3 Å². The lowest BCUT2D eigenvalue weighted by Crippen LogP contribution is -2.45. The van der Waals surface area contributed by atoms with Gasteiger partial charge in [0.1, 0.15) is 0 Å². The number of rotatable bonds is 7. The number of H-pyrrole nitrogens is 1. The van der Waals surface area contributed by atoms with E-state index in [1.807, 2.05) is 30.3 Å². The number of unbranched alkanes of at least 4 members (excludes halogenated alkanes) is 1. The summed E-state index contributed by atoms with van der Waals surface area (Å²) in [4.78, 5) is 17.5. The summed E-state index contributed by atoms with van der Waals surface area (Å²) in [5.74, 6) is 0. The minimum absolute atomic E-state index is 0.00231. The average molecular weight is 343 g/mol. The van der Waals surface area contributed by atoms with Crippen molar-refractivity contribution >= 4 is 10.9 Å². The average Bonchev–Trinajstić information content (AvgIpc) is 2.57. The number of morpholine rings is 1. The third-order valence-corrected chi connectivity index (χ3v) is 4.72. The first-order chi connectivity index (χ1) is 12.1. The smallest absolute Gasteiger partial charge is 0.252 e. The van der Waals surface area contributed by atoms with E-state index in [2.05, 4.69) is 29.0 Å². The van der Waals surface area contributed by atoms with Gasteiger partial charge in [0, 0.05) is 30.7 Å². The Bertz CT molecular complexity index is 733. The summed E-state index contributed by atoms with van der Waals surface area (Å²) in [6.45, 7) is 9.02. The number of pyridine rings is 1. The molecule has 1 fully saturated rings. The topological polar surface area (TPSA) is 57.4 Å². The summed E-state index contributed by atoms with van der Waals surface area (Å²) in [6.07, 6.45) is 2.95. The van der Waals surface area contributed by atoms with Gasteiger partial charge in [-0.25, -0.2) is 0 Å². The number of para-hydroxylation sites is 1. The Hall–Kier alpha value is -1.69. The number of nitrogens with zero attached hydrogens (tertiary/aromatic N) is 1. The van der Waals surface area contributed by atoms with Crippen molar-refractivity contribution in [2.45, 2.75) is 45.4 Å². The number of ether oxygens (including phenoxy) is 1. The molecule has 5 nitrogen and oxygen atoms in total. The quantitative estimate of drug-likeness (QED) is 0.759. The van der Waals surface area contributed by atoms with Gasteiger partial charge in [-0.3, -0.25) is 9.69 Å². The summed E-state index contributed by atoms with van der Waals surface area (Å²) < 4.78 is 5.77. The van der Waals surface area contributed by atoms with Gasteiger partial charge in [-0.15, -0.1) is 0 Å². The second-order valence-corrected chi connectivity index (χ2v) is 7.11. The predicted molar refractivity (Wildman–Crippen MR) is 102 cm³/mol. The second kappa shape index (κ2) is 8.61. The van der Waals surface area contributed by atoms with Crippen molar-refractivity contribution in [3.63, 3.8) is 0 Å². The Balaban J connectivity index is 1.39. The standard InChI is InChI=1S/C20H29N3O2/c1-15-13-23(14-16(2)25-15)10-6-5-9-21-12-18-11-17-7-3-4-8-19(17)22-20(18)24/h3-4,7-8,11,15-16,21H,5-6,9-10,12-14H2,1-2H3,(H,22,24)/t15-,16+. The molecule has 0 saturated carbocycles. The molecule has 1 aliphatic heterocycles. The normalized spacial score (nSPS) is 21.7. The van der Waals surface area contributed by atoms with E-state index in [-0.39, 0.29) is 5.56 Å². The Kier molecular flexibility index (Phi) is 6.24. The zero-order valence-electron chi connectivity index (χ0n) is 15.3. The number of nitrogens with one attached hydrogen (secondary N) is 2. The molecule has 0 aliphatic carbocycles. The van der Waals surface area contributed by atoms with Gasteiger partial charge in [-0.05, 0) is 57.3 Å². The van der Waals surface area contributed by atoms with Gasteiger partial charge in [0.05, 0.1) is 12.2 Å². The zero-order valence-corrected chi connectivity index (χ0v) is 15.3. The van der Waals surface area contributed by atoms with E-state index in [0.717, 1.165) is 49.1 Å². The van der Waals surface area contributed by atoms with E-state index in [4.69, 9.17) is 4.74 Å². The van der Waals surface area contributed by atoms with Crippen LogP contribution in [0.3, 0.4) is 0 Å². The first-order valence-corrected chi connectivity index (χ1v) is 9.31. The molecule has 2 atom stereocenters. The Morgan fingerprint density at radius 3 is 2.76 bits per heavy atom. The molecule has 2 heterocycles. The maximum Gasteiger partial charge on any atom is 0.252 e. The summed E-state index contributed by atoms with van der Waals surface area (Å²) in [6, 6.07) is 9.87. The van der Waals surface area contributed by atoms with Gasteiger partial charge in [0.25, 0.3) is 5.56 Å². The van der Waals surface area contributed by atoms with Crippen molar-refractivity contribution in [3.8, 4) is 0 Å². The van der Waals surface area contributed by atoms with Crippen LogP contribution < -0.4 is 10.9 Å². The third kappa shape index (κ3) is 5.14. The summed E-state index contributed by atoms with van der Waals surface area (Å²) in [7, 11) is 0. The number of aromatic nitrogens is 1. The highest BCUT2D eigenvalue weighted by atomic mass is 16.5. The van der Waals surface area contributed by atoms with Gasteiger partial charge in [-0.1, -0.05) is 18.2 Å². The fourth-order valence-electron chi connectivity index (χ4n) is 3.60. The van der Waals surface area contributed by atoms with E-state index in [9.17, 15) is 4.79 Å². The van der Waals surface area contributed by atoms with Crippen LogP contribution in [0.25, 0.3) is 10.9 Å². The van der Waals surface area contributed by atoms with E-state index >= 15 is 0 Å². The largest absolute Gasteiger partial charge is 0.373 e. The maximum atomic E-state index is 12.1. The van der Waals surface area contributed by atoms with E-state index in [1.165, 1.54) is 6.42 Å². The van der Waals surface area contributed by atoms with E-state index in [1.54, 1.807) is 0 Å². The van der Waals surface area contributed by atoms with Gasteiger partial charge in [-0.2, -0.15) is 0 Å². The molecule has 0 spiro atoms. The van der Waals surface area contributed by atoms with Gasteiger partial charge < -0.3 is 15.0 Å². The van der Waals surface area contributed by atoms with Gasteiger partial charge >= 0.3 is 0 Å². The van der Waals surface area contributed by atoms with Crippen molar-refractivity contribution in [2.24, 2.45) is 0 Å². The number of hydrogen-bond donors (Lipinski definition) is 2. The van der Waals surface area contributed by atoms with Crippen LogP contribution in [0.5, 0.6) is 0 Å². The molecule has 1 aliphatic rings. The fraction of sp³-hybridized carbons (Fsp3) is 0.550. The molecule has 2 N–H and O–H groups in total. The SMILES string of the molecule is C[C@@H]1CN(CCCCNCc2cc3ccccc3[nH]c2=O)C[C@H](C)O1. The maximum absolute atomic E-state index is 12.1. The number of benzene rings is 1. The molecule has 5 heteroatoms. The highest BCUT2D eigenvalue weighted by Gasteiger charge is 2.21. The van der Waals surface area contributed by atoms with Crippen molar-refractivity contribution in [2.75, 3.05) is 26.2 Å². The van der Waals surface area contributed by atoms with Crippen molar-refractivity contribution in [1.29, 1.82) is 0 Å². The Labute approximate surface area is 149 Å². The van der Waals surface area contributed by atoms with Crippen LogP contribution >= 0.6 is 0 Å². The van der Waals surface area contributed by atoms with Crippen LogP contribution in [0.15, 0.2) is 35.1 Å². The number of fused-ring (bicyclic) bond motifs is 1. The molecular weight excluding hydrogens is 314 g/mol. The van der Waals surface area contributed by atoms with Gasteiger partial charge in [0.2, 0.25) is 0 Å². The van der Waals surface area contributed by atoms with E-state index < -0.39 is 0 Å². The molecular formula is C20H29N3O2. The van der Waals surface area contributed by atoms with Crippen LogP contribution in [0, 0.1) is 0 Å². The lowest BCUT2D eigenvalue weighted by atomic mass is 10.1. The summed E-state index contributed by atoms with van der Waals surface area (Å²) >= 11 is 0. The lowest BCUT2D eigenvalue weighted by Gasteiger charge is -2.35. The van der Waals surface area contributed by atoms with Crippen molar-refractivity contribution in [1.82, 2.24) is 15.2 Å². The van der Waals surface area contributed by atoms with Crippen LogP contribution in [0.4, 0.5) is 0 Å². The molecule has 1 aromatic carbocycles. The lowest BCUT2D eigenvalue weighted by molar-refractivity contribution is -0.0681. The highest BCUT2D eigenvalue weighted by Crippen LogP contribution is 2.11. The highest BCUT2D eigenvalue weighted by molar-refractivity contribution is 5.78. The summed E-state index contributed by atoms with van der Waals surface area (Å²) in [5.41, 5.74) is 1.70. The third-order valence-electron chi connectivity index (χ3n) is 4.72. The molecule has 0 unspecified atom stereocenters. The predicted octanol–water partition coefficient (Wildman–Crippen LogP) is 2.51. The molecule has 0 bridgehead atoms. The summed E-state index contributed by atoms with van der Waals surface area (Å²) in [5, 5.41) is 4.48. The molecule has 0 radical (unpaired) electrons. The molecule has 0 amide bonds. The molecule has 25 heavy (non-hydrogen) atoms. The molecule has 1 saturated heterocycles. The molecule has 2 aromatic rings. The van der Waals surface area contributed by atoms with Crippen LogP contribution in [-0.4, -0.2) is 48.3 Å². The minimum Gasteiger partial charge on any atom is -0.373 e. The Morgan fingerprint density at radius 2 is 1.96 bits per heavy atom. The first-order valence-electron chi connectivity index (χ1n) is 9.31. The fourth-order valence-corrected chi connectivity index (χ4v) is 3.60. The van der Waals surface area contributed by atoms with Gasteiger partial charge in [0.15, 0.2) is 0 Å². The zero-order chi connectivity index (χ0) is 17.6. The molecule has 3 rings (SSSR count). The number of hydrogen-bond acceptors (Lipinski definition) is 4. The van der Waals surface area contributed by atoms with Crippen LogP contribution in [0.2, 0.25) is 0 Å². The van der Waals surface area contributed by atoms with Crippen molar-refractivity contribution < 1.29 is 4.74 Å². The molecule has 1 aromatic heterocycles. The van der Waals surface area contributed by atoms with Crippen molar-refractivity contribution in [3.05, 3.63) is 46.2 Å². The first kappa shape index (κ1) is 18.1. The number of aromatic amines is 1. The van der Waals surface area contributed by atoms with E-state index in [0.29, 0.717) is 18.8 Å². The monoisotopic (exact) mass is 343 g/mol.